The minimum atomic E-state index is -0.794. The van der Waals surface area contributed by atoms with Gasteiger partial charge in [-0.2, -0.15) is 5.10 Å². The monoisotopic (exact) mass is 344 g/mol. The molecule has 0 bridgehead atoms. The van der Waals surface area contributed by atoms with Crippen LogP contribution in [0, 0.1) is 6.92 Å². The lowest BCUT2D eigenvalue weighted by molar-refractivity contribution is -0.121. The molecule has 0 aliphatic heterocycles. The van der Waals surface area contributed by atoms with Crippen molar-refractivity contribution in [3.63, 3.8) is 0 Å². The van der Waals surface area contributed by atoms with Crippen LogP contribution in [0.15, 0.2) is 39.0 Å². The fourth-order valence-corrected chi connectivity index (χ4v) is 2.22. The molecule has 0 saturated carbocycles. The van der Waals surface area contributed by atoms with Crippen LogP contribution in [0.5, 0.6) is 5.88 Å². The largest absolute Gasteiger partial charge is 0.493 e. The summed E-state index contributed by atoms with van der Waals surface area (Å²) in [6.07, 6.45) is 2.94. The van der Waals surface area contributed by atoms with Gasteiger partial charge in [-0.1, -0.05) is 25.5 Å². The molecule has 132 valence electrons. The number of carbonyl (C=O) groups excluding carboxylic acids is 1. The number of nitrogens with one attached hydrogen (secondary N) is 2. The van der Waals surface area contributed by atoms with E-state index in [-0.39, 0.29) is 11.5 Å². The molecular weight excluding hydrogens is 324 g/mol. The lowest BCUT2D eigenvalue weighted by Gasteiger charge is -2.10. The number of amides is 1. The molecule has 1 heterocycles. The molecular formula is C17H20N4O4. The summed E-state index contributed by atoms with van der Waals surface area (Å²) in [5, 5.41) is 14.0. The zero-order chi connectivity index (χ0) is 18.4. The molecule has 2 aromatic rings. The van der Waals surface area contributed by atoms with E-state index in [1.807, 2.05) is 19.9 Å². The average Bonchev–Trinajstić information content (AvgIpc) is 2.55. The van der Waals surface area contributed by atoms with E-state index in [0.717, 1.165) is 29.2 Å². The fraction of sp³-hybridized carbons (Fsp3) is 0.294. The Labute approximate surface area is 143 Å². The summed E-state index contributed by atoms with van der Waals surface area (Å²) < 4.78 is 0.967. The van der Waals surface area contributed by atoms with Gasteiger partial charge in [0.1, 0.15) is 5.56 Å². The molecule has 1 amide bonds. The highest BCUT2D eigenvalue weighted by Crippen LogP contribution is 2.16. The molecule has 8 heteroatoms. The van der Waals surface area contributed by atoms with Crippen LogP contribution in [0.3, 0.4) is 0 Å². The van der Waals surface area contributed by atoms with E-state index in [0.29, 0.717) is 12.1 Å². The van der Waals surface area contributed by atoms with Crippen molar-refractivity contribution in [3.05, 3.63) is 56.2 Å². The van der Waals surface area contributed by atoms with E-state index in [4.69, 9.17) is 0 Å². The first kappa shape index (κ1) is 18.2. The summed E-state index contributed by atoms with van der Waals surface area (Å²) in [6, 6.07) is 6.88. The third kappa shape index (κ3) is 4.43. The Morgan fingerprint density at radius 2 is 2.16 bits per heavy atom. The smallest absolute Gasteiger partial charge is 0.335 e. The standard InChI is InChI=1S/C17H20N4O4/c1-3-4-8-14(22)20-18-10-13-15(23)19-17(25)21(16(13)24)12-7-5-6-11(2)9-12/h5-7,9-10,24H,3-4,8H2,1-2H3,(H,20,22)(H,19,23,25)/b18-10-. The highest BCUT2D eigenvalue weighted by Gasteiger charge is 2.14. The Balaban J connectivity index is 2.37. The van der Waals surface area contributed by atoms with Crippen molar-refractivity contribution in [2.75, 3.05) is 0 Å². The molecule has 3 N–H and O–H groups in total. The first-order valence-electron chi connectivity index (χ1n) is 7.91. The van der Waals surface area contributed by atoms with Crippen molar-refractivity contribution in [3.8, 4) is 11.6 Å². The molecule has 0 radical (unpaired) electrons. The van der Waals surface area contributed by atoms with Gasteiger partial charge in [-0.25, -0.2) is 14.8 Å². The molecule has 25 heavy (non-hydrogen) atoms. The van der Waals surface area contributed by atoms with Crippen molar-refractivity contribution in [1.29, 1.82) is 0 Å². The summed E-state index contributed by atoms with van der Waals surface area (Å²) in [7, 11) is 0. The van der Waals surface area contributed by atoms with Crippen LogP contribution >= 0.6 is 0 Å². The van der Waals surface area contributed by atoms with Crippen LogP contribution in [0.2, 0.25) is 0 Å². The number of aromatic nitrogens is 2. The van der Waals surface area contributed by atoms with Crippen molar-refractivity contribution in [2.45, 2.75) is 33.1 Å². The zero-order valence-electron chi connectivity index (χ0n) is 14.1. The maximum Gasteiger partial charge on any atom is 0.335 e. The van der Waals surface area contributed by atoms with Crippen LogP contribution in [0.25, 0.3) is 5.69 Å². The number of aryl methyl sites for hydroxylation is 1. The molecule has 0 aliphatic rings. The van der Waals surface area contributed by atoms with E-state index in [1.54, 1.807) is 18.2 Å². The number of unbranched alkanes of at least 4 members (excludes halogenated alkanes) is 1. The summed E-state index contributed by atoms with van der Waals surface area (Å²) in [6.45, 7) is 3.80. The number of rotatable bonds is 6. The van der Waals surface area contributed by atoms with Gasteiger partial charge < -0.3 is 5.11 Å². The van der Waals surface area contributed by atoms with Gasteiger partial charge in [-0.15, -0.1) is 0 Å². The quantitative estimate of drug-likeness (QED) is 0.539. The van der Waals surface area contributed by atoms with E-state index in [1.165, 1.54) is 0 Å². The normalized spacial score (nSPS) is 11.0. The maximum absolute atomic E-state index is 12.1. The number of hydrogen-bond donors (Lipinski definition) is 3. The summed E-state index contributed by atoms with van der Waals surface area (Å²) in [5.41, 5.74) is 1.78. The number of hydrazone groups is 1. The average molecular weight is 344 g/mol. The number of aromatic amines is 1. The molecule has 1 aromatic carbocycles. The second kappa shape index (κ2) is 8.09. The fourth-order valence-electron chi connectivity index (χ4n) is 2.22. The zero-order valence-corrected chi connectivity index (χ0v) is 14.1. The van der Waals surface area contributed by atoms with E-state index < -0.39 is 17.1 Å². The Kier molecular flexibility index (Phi) is 5.89. The molecule has 8 nitrogen and oxygen atoms in total. The molecule has 0 atom stereocenters. The van der Waals surface area contributed by atoms with Gasteiger partial charge in [0.25, 0.3) is 5.56 Å². The Bertz CT molecular complexity index is 912. The second-order valence-corrected chi connectivity index (χ2v) is 5.57. The van der Waals surface area contributed by atoms with Crippen molar-refractivity contribution in [1.82, 2.24) is 15.0 Å². The number of aromatic hydroxyl groups is 1. The Morgan fingerprint density at radius 3 is 2.84 bits per heavy atom. The molecule has 0 aliphatic carbocycles. The molecule has 0 fully saturated rings. The van der Waals surface area contributed by atoms with Crippen LogP contribution < -0.4 is 16.7 Å². The first-order chi connectivity index (χ1) is 11.9. The minimum absolute atomic E-state index is 0.225. The number of carbonyl (C=O) groups is 1. The number of nitrogens with zero attached hydrogens (tertiary/aromatic N) is 2. The topological polar surface area (TPSA) is 117 Å². The number of hydrogen-bond acceptors (Lipinski definition) is 5. The Hall–Kier alpha value is -3.16. The highest BCUT2D eigenvalue weighted by atomic mass is 16.3. The first-order valence-corrected chi connectivity index (χ1v) is 7.91. The minimum Gasteiger partial charge on any atom is -0.493 e. The predicted octanol–water partition coefficient (Wildman–Crippen LogP) is 1.18. The predicted molar refractivity (Wildman–Crippen MR) is 94.3 cm³/mol. The van der Waals surface area contributed by atoms with Gasteiger partial charge in [-0.05, 0) is 31.0 Å². The van der Waals surface area contributed by atoms with Crippen LogP contribution in [-0.4, -0.2) is 26.8 Å². The Morgan fingerprint density at radius 1 is 1.40 bits per heavy atom. The van der Waals surface area contributed by atoms with Gasteiger partial charge in [0.05, 0.1) is 11.9 Å². The SMILES string of the molecule is CCCCC(=O)N/N=C\c1c(O)n(-c2cccc(C)c2)c(=O)[nH]c1=O. The van der Waals surface area contributed by atoms with Gasteiger partial charge in [0, 0.05) is 6.42 Å². The van der Waals surface area contributed by atoms with Crippen molar-refractivity contribution < 1.29 is 9.90 Å². The van der Waals surface area contributed by atoms with E-state index in [2.05, 4.69) is 15.5 Å². The third-order valence-corrected chi connectivity index (χ3v) is 3.52. The van der Waals surface area contributed by atoms with Gasteiger partial charge >= 0.3 is 5.69 Å². The number of benzene rings is 1. The maximum atomic E-state index is 12.1. The molecule has 1 aromatic heterocycles. The van der Waals surface area contributed by atoms with Crippen LogP contribution in [-0.2, 0) is 4.79 Å². The number of H-pyrrole nitrogens is 1. The van der Waals surface area contributed by atoms with E-state index in [9.17, 15) is 19.5 Å². The van der Waals surface area contributed by atoms with E-state index >= 15 is 0 Å². The molecule has 0 unspecified atom stereocenters. The second-order valence-electron chi connectivity index (χ2n) is 5.57. The van der Waals surface area contributed by atoms with Gasteiger partial charge in [0.2, 0.25) is 11.8 Å². The molecule has 2 rings (SSSR count). The summed E-state index contributed by atoms with van der Waals surface area (Å²) in [5.74, 6) is -0.841. The summed E-state index contributed by atoms with van der Waals surface area (Å²) in [4.78, 5) is 37.6. The lowest BCUT2D eigenvalue weighted by atomic mass is 10.2. The van der Waals surface area contributed by atoms with Gasteiger partial charge in [0.15, 0.2) is 0 Å². The lowest BCUT2D eigenvalue weighted by Crippen LogP contribution is -2.31. The van der Waals surface area contributed by atoms with Crippen molar-refractivity contribution >= 4 is 12.1 Å². The third-order valence-electron chi connectivity index (χ3n) is 3.52. The van der Waals surface area contributed by atoms with Crippen molar-refractivity contribution in [2.24, 2.45) is 5.10 Å². The molecule has 0 spiro atoms. The van der Waals surface area contributed by atoms with Crippen LogP contribution in [0.4, 0.5) is 0 Å². The van der Waals surface area contributed by atoms with Gasteiger partial charge in [-0.3, -0.25) is 14.6 Å². The van der Waals surface area contributed by atoms with Crippen LogP contribution in [0.1, 0.15) is 37.3 Å². The highest BCUT2D eigenvalue weighted by molar-refractivity contribution is 5.84. The molecule has 0 saturated heterocycles. The summed E-state index contributed by atoms with van der Waals surface area (Å²) >= 11 is 0.